The number of rotatable bonds is 4. The molecule has 0 bridgehead atoms. The first-order valence-corrected chi connectivity index (χ1v) is 11.8. The Bertz CT molecular complexity index is 977. The molecule has 2 aromatic rings. The molecule has 3 heterocycles. The molecule has 0 aliphatic carbocycles. The molecule has 1 unspecified atom stereocenters. The van der Waals surface area contributed by atoms with Crippen LogP contribution in [0.5, 0.6) is 0 Å². The number of aryl methyl sites for hydroxylation is 1. The van der Waals surface area contributed by atoms with Gasteiger partial charge in [0, 0.05) is 55.1 Å². The van der Waals surface area contributed by atoms with Gasteiger partial charge < -0.3 is 9.64 Å². The number of nitrogens with zero attached hydrogens (tertiary/aromatic N) is 3. The van der Waals surface area contributed by atoms with E-state index in [0.29, 0.717) is 13.2 Å². The van der Waals surface area contributed by atoms with Gasteiger partial charge in [-0.1, -0.05) is 29.5 Å². The minimum absolute atomic E-state index is 0.164. The maximum atomic E-state index is 14.2. The molecule has 31 heavy (non-hydrogen) atoms. The van der Waals surface area contributed by atoms with Crippen LogP contribution < -0.4 is 0 Å². The lowest BCUT2D eigenvalue weighted by Crippen LogP contribution is -2.49. The molecule has 0 saturated carbocycles. The van der Waals surface area contributed by atoms with Crippen LogP contribution in [-0.2, 0) is 11.2 Å². The third-order valence-corrected chi connectivity index (χ3v) is 7.77. The summed E-state index contributed by atoms with van der Waals surface area (Å²) in [5.74, 6) is -0.164. The average molecular weight is 442 g/mol. The summed E-state index contributed by atoms with van der Waals surface area (Å²) in [4.78, 5) is 20.8. The molecule has 1 amide bonds. The second-order valence-electron chi connectivity index (χ2n) is 8.59. The molecule has 2 fully saturated rings. The highest BCUT2D eigenvalue weighted by atomic mass is 32.2. The maximum absolute atomic E-state index is 14.2. The standard InChI is InChI=1S/C24H28FN3O2S/c1-17-2-4-22-18(14-17)15-21(20-16-19(25)3-5-23(20)31-22)27-9-6-26(7-10-27)8-11-28-12-13-30-24(28)29/h2-5,14,16,21H,6-13,15H2,1H3. The van der Waals surface area contributed by atoms with Crippen LogP contribution in [0.3, 0.4) is 0 Å². The van der Waals surface area contributed by atoms with Gasteiger partial charge >= 0.3 is 6.09 Å². The van der Waals surface area contributed by atoms with E-state index in [-0.39, 0.29) is 18.0 Å². The number of halogens is 1. The molecule has 5 nitrogen and oxygen atoms in total. The summed E-state index contributed by atoms with van der Waals surface area (Å²) in [6, 6.07) is 12.1. The Morgan fingerprint density at radius 3 is 2.61 bits per heavy atom. The zero-order valence-electron chi connectivity index (χ0n) is 17.8. The highest BCUT2D eigenvalue weighted by Gasteiger charge is 2.31. The molecule has 0 radical (unpaired) electrons. The van der Waals surface area contributed by atoms with E-state index >= 15 is 0 Å². The zero-order valence-corrected chi connectivity index (χ0v) is 18.7. The first-order valence-electron chi connectivity index (χ1n) is 11.0. The molecule has 2 saturated heterocycles. The second-order valence-corrected chi connectivity index (χ2v) is 9.68. The van der Waals surface area contributed by atoms with Crippen LogP contribution in [0.25, 0.3) is 0 Å². The van der Waals surface area contributed by atoms with Gasteiger partial charge in [-0.3, -0.25) is 9.80 Å². The number of amides is 1. The van der Waals surface area contributed by atoms with Crippen LogP contribution in [0.2, 0.25) is 0 Å². The third kappa shape index (κ3) is 4.45. The number of ether oxygens (including phenoxy) is 1. The molecular formula is C24H28FN3O2S. The normalized spacial score (nSPS) is 22.1. The maximum Gasteiger partial charge on any atom is 0.409 e. The quantitative estimate of drug-likeness (QED) is 0.718. The summed E-state index contributed by atoms with van der Waals surface area (Å²) >= 11 is 1.76. The van der Waals surface area contributed by atoms with Gasteiger partial charge in [0.05, 0.1) is 6.54 Å². The van der Waals surface area contributed by atoms with Crippen molar-refractivity contribution in [2.75, 3.05) is 52.4 Å². The van der Waals surface area contributed by atoms with Gasteiger partial charge in [-0.2, -0.15) is 0 Å². The highest BCUT2D eigenvalue weighted by Crippen LogP contribution is 2.43. The van der Waals surface area contributed by atoms with Crippen molar-refractivity contribution in [2.45, 2.75) is 29.2 Å². The molecule has 5 rings (SSSR count). The summed E-state index contributed by atoms with van der Waals surface area (Å²) in [7, 11) is 0. The van der Waals surface area contributed by atoms with Gasteiger partial charge in [0.15, 0.2) is 0 Å². The lowest BCUT2D eigenvalue weighted by Gasteiger charge is -2.40. The van der Waals surface area contributed by atoms with Crippen LogP contribution >= 0.6 is 11.8 Å². The average Bonchev–Trinajstić information content (AvgIpc) is 3.11. The van der Waals surface area contributed by atoms with Crippen molar-refractivity contribution in [2.24, 2.45) is 0 Å². The number of fused-ring (bicyclic) bond motifs is 2. The Morgan fingerprint density at radius 2 is 1.84 bits per heavy atom. The zero-order chi connectivity index (χ0) is 21.4. The Labute approximate surface area is 187 Å². The number of cyclic esters (lactones) is 1. The van der Waals surface area contributed by atoms with E-state index in [1.165, 1.54) is 16.0 Å². The Morgan fingerprint density at radius 1 is 1.03 bits per heavy atom. The largest absolute Gasteiger partial charge is 0.448 e. The van der Waals surface area contributed by atoms with E-state index < -0.39 is 0 Å². The molecule has 3 aliphatic rings. The number of carbonyl (C=O) groups excluding carboxylic acids is 1. The Hall–Kier alpha value is -2.09. The second kappa shape index (κ2) is 8.81. The fourth-order valence-corrected chi connectivity index (χ4v) is 5.89. The van der Waals surface area contributed by atoms with Gasteiger partial charge in [0.25, 0.3) is 0 Å². The lowest BCUT2D eigenvalue weighted by molar-refractivity contribution is 0.0887. The Kier molecular flexibility index (Phi) is 5.91. The fraction of sp³-hybridized carbons (Fsp3) is 0.458. The van der Waals surface area contributed by atoms with Crippen LogP contribution in [-0.4, -0.2) is 73.2 Å². The van der Waals surface area contributed by atoms with Crippen LogP contribution in [0.15, 0.2) is 46.2 Å². The van der Waals surface area contributed by atoms with E-state index in [1.807, 2.05) is 6.07 Å². The summed E-state index contributed by atoms with van der Waals surface area (Å²) in [5.41, 5.74) is 3.72. The monoisotopic (exact) mass is 441 g/mol. The summed E-state index contributed by atoms with van der Waals surface area (Å²) in [6.45, 7) is 8.72. The molecule has 164 valence electrons. The van der Waals surface area contributed by atoms with Crippen molar-refractivity contribution in [1.82, 2.24) is 14.7 Å². The Balaban J connectivity index is 1.31. The third-order valence-electron chi connectivity index (χ3n) is 6.56. The van der Waals surface area contributed by atoms with E-state index in [1.54, 1.807) is 28.8 Å². The first kappa shape index (κ1) is 20.8. The molecule has 0 spiro atoms. The lowest BCUT2D eigenvalue weighted by atomic mass is 9.95. The summed E-state index contributed by atoms with van der Waals surface area (Å²) in [6.07, 6.45) is 0.710. The number of hydrogen-bond donors (Lipinski definition) is 0. The number of piperazine rings is 1. The van der Waals surface area contributed by atoms with Crippen molar-refractivity contribution >= 4 is 17.9 Å². The van der Waals surface area contributed by atoms with E-state index in [2.05, 4.69) is 34.9 Å². The van der Waals surface area contributed by atoms with E-state index in [9.17, 15) is 9.18 Å². The summed E-state index contributed by atoms with van der Waals surface area (Å²) in [5, 5.41) is 0. The molecule has 7 heteroatoms. The number of benzene rings is 2. The van der Waals surface area contributed by atoms with Gasteiger partial charge in [-0.25, -0.2) is 9.18 Å². The smallest absolute Gasteiger partial charge is 0.409 e. The van der Waals surface area contributed by atoms with Crippen molar-refractivity contribution in [3.63, 3.8) is 0 Å². The molecule has 1 atom stereocenters. The number of carbonyl (C=O) groups is 1. The molecule has 3 aliphatic heterocycles. The summed E-state index contributed by atoms with van der Waals surface area (Å²) < 4.78 is 19.2. The molecule has 0 aromatic heterocycles. The van der Waals surface area contributed by atoms with Crippen molar-refractivity contribution < 1.29 is 13.9 Å². The molecule has 2 aromatic carbocycles. The van der Waals surface area contributed by atoms with Gasteiger partial charge in [-0.05, 0) is 48.7 Å². The van der Waals surface area contributed by atoms with E-state index in [4.69, 9.17) is 4.74 Å². The molecule has 0 N–H and O–H groups in total. The van der Waals surface area contributed by atoms with Crippen LogP contribution in [0, 0.1) is 12.7 Å². The van der Waals surface area contributed by atoms with Gasteiger partial charge in [0.2, 0.25) is 0 Å². The minimum Gasteiger partial charge on any atom is -0.448 e. The highest BCUT2D eigenvalue weighted by molar-refractivity contribution is 7.99. The SMILES string of the molecule is Cc1ccc2c(c1)CC(N1CCN(CCN3CCOC3=O)CC1)c1cc(F)ccc1S2. The van der Waals surface area contributed by atoms with Crippen LogP contribution in [0.4, 0.5) is 9.18 Å². The minimum atomic E-state index is -0.192. The van der Waals surface area contributed by atoms with Crippen molar-refractivity contribution in [3.05, 3.63) is 58.9 Å². The molecular weight excluding hydrogens is 413 g/mol. The van der Waals surface area contributed by atoms with Crippen LogP contribution in [0.1, 0.15) is 22.7 Å². The van der Waals surface area contributed by atoms with Crippen molar-refractivity contribution in [3.8, 4) is 0 Å². The van der Waals surface area contributed by atoms with Gasteiger partial charge in [0.1, 0.15) is 12.4 Å². The first-order chi connectivity index (χ1) is 15.1. The fourth-order valence-electron chi connectivity index (χ4n) is 4.79. The predicted octanol–water partition coefficient (Wildman–Crippen LogP) is 3.95. The van der Waals surface area contributed by atoms with Gasteiger partial charge in [-0.15, -0.1) is 0 Å². The van der Waals surface area contributed by atoms with E-state index in [0.717, 1.165) is 56.1 Å². The number of hydrogen-bond acceptors (Lipinski definition) is 5. The van der Waals surface area contributed by atoms with Crippen molar-refractivity contribution in [1.29, 1.82) is 0 Å². The predicted molar refractivity (Wildman–Crippen MR) is 119 cm³/mol. The topological polar surface area (TPSA) is 36.0 Å².